The van der Waals surface area contributed by atoms with Crippen molar-refractivity contribution in [1.29, 1.82) is 5.26 Å². The van der Waals surface area contributed by atoms with Gasteiger partial charge >= 0.3 is 5.97 Å². The highest BCUT2D eigenvalue weighted by Crippen LogP contribution is 2.47. The monoisotopic (exact) mass is 389 g/mol. The molecule has 0 saturated heterocycles. The van der Waals surface area contributed by atoms with Gasteiger partial charge in [-0.15, -0.1) is 0 Å². The highest BCUT2D eigenvalue weighted by Gasteiger charge is 2.45. The minimum atomic E-state index is -1.15. The number of hydrogen-bond acceptors (Lipinski definition) is 4. The molecule has 0 aromatic heterocycles. The van der Waals surface area contributed by atoms with Gasteiger partial charge in [0.15, 0.2) is 12.4 Å². The third kappa shape index (κ3) is 2.92. The molecule has 0 radical (unpaired) electrons. The van der Waals surface area contributed by atoms with Crippen molar-refractivity contribution in [1.82, 2.24) is 0 Å². The van der Waals surface area contributed by atoms with Crippen LogP contribution in [0.3, 0.4) is 0 Å². The maximum absolute atomic E-state index is 13.1. The second-order valence-electron chi connectivity index (χ2n) is 6.25. The lowest BCUT2D eigenvalue weighted by Gasteiger charge is -2.22. The molecule has 7 heteroatoms. The first-order valence-electron chi connectivity index (χ1n) is 7.69. The molecule has 1 N–H and O–H groups in total. The predicted octanol–water partition coefficient (Wildman–Crippen LogP) is 4.03. The number of carbonyl (C=O) groups is 2. The van der Waals surface area contributed by atoms with E-state index in [1.807, 2.05) is 0 Å². The molecule has 0 amide bonds. The number of Topliss-reactive ketones (excluding diaryl/α,β-unsaturated/α-hetero) is 1. The van der Waals surface area contributed by atoms with Crippen LogP contribution in [0.2, 0.25) is 10.0 Å². The van der Waals surface area contributed by atoms with E-state index in [4.69, 9.17) is 38.3 Å². The van der Waals surface area contributed by atoms with Gasteiger partial charge in [0, 0.05) is 5.56 Å². The topological polar surface area (TPSA) is 87.4 Å². The van der Waals surface area contributed by atoms with Crippen LogP contribution in [0.1, 0.15) is 34.0 Å². The zero-order valence-corrected chi connectivity index (χ0v) is 15.2. The summed E-state index contributed by atoms with van der Waals surface area (Å²) >= 11 is 12.5. The van der Waals surface area contributed by atoms with Gasteiger partial charge in [-0.25, -0.2) is 4.79 Å². The lowest BCUT2D eigenvalue weighted by atomic mass is 9.78. The molecule has 1 unspecified atom stereocenters. The largest absolute Gasteiger partial charge is 0.480 e. The fourth-order valence-corrected chi connectivity index (χ4v) is 3.69. The van der Waals surface area contributed by atoms with Crippen molar-refractivity contribution in [3.8, 4) is 11.8 Å². The van der Waals surface area contributed by atoms with Crippen molar-refractivity contribution in [2.45, 2.75) is 18.8 Å². The average Bonchev–Trinajstić information content (AvgIpc) is 2.88. The third-order valence-corrected chi connectivity index (χ3v) is 5.36. The third-order valence-electron chi connectivity index (χ3n) is 4.51. The van der Waals surface area contributed by atoms with Crippen LogP contribution in [0.15, 0.2) is 30.3 Å². The lowest BCUT2D eigenvalue weighted by Crippen LogP contribution is -2.29. The standard InChI is InChI=1S/C19H13Cl2NO4/c1-19(12-4-2-3-10(5-12)8-22)7-11-6-13(26-9-14(23)24)16(20)17(21)15(11)18(19)25/h2-6H,7,9H2,1H3,(H,23,24). The second-order valence-corrected chi connectivity index (χ2v) is 7.01. The van der Waals surface area contributed by atoms with Crippen molar-refractivity contribution >= 4 is 35.0 Å². The number of carboxylic acids is 1. The molecule has 1 aliphatic carbocycles. The Morgan fingerprint density at radius 2 is 2.08 bits per heavy atom. The number of carbonyl (C=O) groups excluding carboxylic acids is 1. The molecule has 5 nitrogen and oxygen atoms in total. The Labute approximate surface area is 159 Å². The molecule has 1 atom stereocenters. The summed E-state index contributed by atoms with van der Waals surface area (Å²) in [6.45, 7) is 1.22. The van der Waals surface area contributed by atoms with Gasteiger partial charge in [0.25, 0.3) is 0 Å². The number of benzene rings is 2. The molecular weight excluding hydrogens is 377 g/mol. The number of rotatable bonds is 4. The van der Waals surface area contributed by atoms with Crippen molar-refractivity contribution in [2.24, 2.45) is 0 Å². The minimum Gasteiger partial charge on any atom is -0.480 e. The van der Waals surface area contributed by atoms with Crippen molar-refractivity contribution in [3.05, 3.63) is 62.6 Å². The van der Waals surface area contributed by atoms with Crippen LogP contribution in [0.4, 0.5) is 0 Å². The maximum Gasteiger partial charge on any atom is 0.341 e. The molecule has 26 heavy (non-hydrogen) atoms. The Morgan fingerprint density at radius 3 is 2.73 bits per heavy atom. The van der Waals surface area contributed by atoms with E-state index in [-0.39, 0.29) is 21.6 Å². The zero-order valence-electron chi connectivity index (χ0n) is 13.7. The molecule has 0 aliphatic heterocycles. The molecule has 132 valence electrons. The highest BCUT2D eigenvalue weighted by atomic mass is 35.5. The number of aliphatic carboxylic acids is 1. The number of ether oxygens (including phenoxy) is 1. The van der Waals surface area contributed by atoms with Gasteiger partial charge in [0.1, 0.15) is 10.8 Å². The number of nitriles is 1. The maximum atomic E-state index is 13.1. The minimum absolute atomic E-state index is 0.00930. The van der Waals surface area contributed by atoms with E-state index in [1.54, 1.807) is 37.3 Å². The van der Waals surface area contributed by atoms with Gasteiger partial charge in [-0.3, -0.25) is 4.79 Å². The van der Waals surface area contributed by atoms with Gasteiger partial charge in [0.05, 0.1) is 22.1 Å². The highest BCUT2D eigenvalue weighted by molar-refractivity contribution is 6.45. The summed E-state index contributed by atoms with van der Waals surface area (Å²) in [5.74, 6) is -1.22. The van der Waals surface area contributed by atoms with E-state index in [2.05, 4.69) is 6.07 Å². The second kappa shape index (κ2) is 6.64. The van der Waals surface area contributed by atoms with Gasteiger partial charge in [-0.2, -0.15) is 5.26 Å². The van der Waals surface area contributed by atoms with E-state index >= 15 is 0 Å². The quantitative estimate of drug-likeness (QED) is 0.852. The van der Waals surface area contributed by atoms with Crippen molar-refractivity contribution in [3.63, 3.8) is 0 Å². The first-order valence-corrected chi connectivity index (χ1v) is 8.44. The number of fused-ring (bicyclic) bond motifs is 1. The van der Waals surface area contributed by atoms with Gasteiger partial charge < -0.3 is 9.84 Å². The Kier molecular flexibility index (Phi) is 4.66. The Hall–Kier alpha value is -2.55. The summed E-state index contributed by atoms with van der Waals surface area (Å²) in [5.41, 5.74) is 1.21. The van der Waals surface area contributed by atoms with Crippen LogP contribution in [-0.4, -0.2) is 23.5 Å². The average molecular weight is 390 g/mol. The molecule has 2 aromatic rings. The number of hydrogen-bond donors (Lipinski definition) is 1. The predicted molar refractivity (Wildman–Crippen MR) is 96.1 cm³/mol. The summed E-state index contributed by atoms with van der Waals surface area (Å²) in [6.07, 6.45) is 0.344. The smallest absolute Gasteiger partial charge is 0.341 e. The Morgan fingerprint density at radius 1 is 1.35 bits per heavy atom. The summed E-state index contributed by atoms with van der Waals surface area (Å²) in [7, 11) is 0. The normalized spacial score (nSPS) is 18.3. The van der Waals surface area contributed by atoms with Gasteiger partial charge in [-0.1, -0.05) is 35.3 Å². The molecular formula is C19H13Cl2NO4. The molecule has 3 rings (SSSR count). The van der Waals surface area contributed by atoms with E-state index in [1.165, 1.54) is 0 Å². The van der Waals surface area contributed by atoms with Crippen LogP contribution in [0.25, 0.3) is 0 Å². The fraction of sp³-hybridized carbons (Fsp3) is 0.211. The first kappa shape index (κ1) is 18.2. The van der Waals surface area contributed by atoms with E-state index in [0.717, 1.165) is 0 Å². The van der Waals surface area contributed by atoms with Crippen molar-refractivity contribution in [2.75, 3.05) is 6.61 Å². The van der Waals surface area contributed by atoms with Crippen LogP contribution < -0.4 is 4.74 Å². The molecule has 0 bridgehead atoms. The van der Waals surface area contributed by atoms with Crippen LogP contribution in [0.5, 0.6) is 5.75 Å². The number of halogens is 2. The molecule has 2 aromatic carbocycles. The van der Waals surface area contributed by atoms with Crippen LogP contribution >= 0.6 is 23.2 Å². The van der Waals surface area contributed by atoms with Crippen molar-refractivity contribution < 1.29 is 19.4 Å². The Balaban J connectivity index is 2.07. The number of nitrogens with zero attached hydrogens (tertiary/aromatic N) is 1. The van der Waals surface area contributed by atoms with Gasteiger partial charge in [-0.05, 0) is 42.7 Å². The van der Waals surface area contributed by atoms with Gasteiger partial charge in [0.2, 0.25) is 0 Å². The first-order chi connectivity index (χ1) is 12.3. The molecule has 1 aliphatic rings. The SMILES string of the molecule is CC1(c2cccc(C#N)c2)Cc2cc(OCC(=O)O)c(Cl)c(Cl)c2C1=O. The molecule has 0 heterocycles. The van der Waals surface area contributed by atoms with E-state index in [0.29, 0.717) is 28.7 Å². The van der Waals surface area contributed by atoms with E-state index < -0.39 is 18.0 Å². The molecule has 0 saturated carbocycles. The summed E-state index contributed by atoms with van der Waals surface area (Å²) in [4.78, 5) is 23.8. The van der Waals surface area contributed by atoms with Crippen LogP contribution in [0, 0.1) is 11.3 Å². The van der Waals surface area contributed by atoms with E-state index in [9.17, 15) is 9.59 Å². The van der Waals surface area contributed by atoms with Crippen LogP contribution in [-0.2, 0) is 16.6 Å². The molecule has 0 spiro atoms. The fourth-order valence-electron chi connectivity index (χ4n) is 3.18. The summed E-state index contributed by atoms with van der Waals surface area (Å²) in [5, 5.41) is 17.9. The summed E-state index contributed by atoms with van der Waals surface area (Å²) < 4.78 is 5.18. The lowest BCUT2D eigenvalue weighted by molar-refractivity contribution is -0.139. The number of carboxylic acid groups (broad SMARTS) is 1. The zero-order chi connectivity index (χ0) is 19.1. The summed E-state index contributed by atoms with van der Waals surface area (Å²) in [6, 6.07) is 10.5. The molecule has 0 fully saturated rings. The Bertz CT molecular complexity index is 980. The number of ketones is 1.